The third kappa shape index (κ3) is 2.67. The molecule has 0 bridgehead atoms. The molecule has 1 fully saturated rings. The third-order valence-corrected chi connectivity index (χ3v) is 3.96. The first-order valence-electron chi connectivity index (χ1n) is 6.55. The first kappa shape index (κ1) is 12.5. The van der Waals surface area contributed by atoms with Crippen LogP contribution in [-0.2, 0) is 0 Å². The lowest BCUT2D eigenvalue weighted by Gasteiger charge is -2.32. The largest absolute Gasteiger partial charge is 0.330 e. The van der Waals surface area contributed by atoms with Crippen LogP contribution < -0.4 is 5.73 Å². The summed E-state index contributed by atoms with van der Waals surface area (Å²) < 4.78 is 0. The van der Waals surface area contributed by atoms with E-state index in [0.717, 1.165) is 13.1 Å². The van der Waals surface area contributed by atoms with Crippen molar-refractivity contribution in [1.29, 1.82) is 0 Å². The number of hydrogen-bond donors (Lipinski definition) is 1. The second-order valence-electron chi connectivity index (χ2n) is 5.15. The number of nitrogens with two attached hydrogens (primary N) is 1. The van der Waals surface area contributed by atoms with Crippen LogP contribution in [0.3, 0.4) is 0 Å². The summed E-state index contributed by atoms with van der Waals surface area (Å²) in [6.45, 7) is 4.10. The van der Waals surface area contributed by atoms with Crippen LogP contribution in [0.5, 0.6) is 0 Å². The summed E-state index contributed by atoms with van der Waals surface area (Å²) in [5.41, 5.74) is 8.65. The van der Waals surface area contributed by atoms with Crippen molar-refractivity contribution in [3.8, 4) is 0 Å². The first-order valence-corrected chi connectivity index (χ1v) is 6.55. The zero-order valence-electron chi connectivity index (χ0n) is 10.9. The number of rotatable bonds is 2. The van der Waals surface area contributed by atoms with Gasteiger partial charge in [0.05, 0.1) is 0 Å². The van der Waals surface area contributed by atoms with Crippen molar-refractivity contribution < 1.29 is 0 Å². The standard InChI is InChI=1S/C14H23N3/c1-11-6-7-16-10-13(11)14-12(9-15)5-3-4-8-17(14)2/h6-7,10,12,14H,3-5,8-9,15H2,1-2H3. The van der Waals surface area contributed by atoms with Gasteiger partial charge in [0.2, 0.25) is 0 Å². The Labute approximate surface area is 104 Å². The van der Waals surface area contributed by atoms with E-state index >= 15 is 0 Å². The van der Waals surface area contributed by atoms with Gasteiger partial charge >= 0.3 is 0 Å². The van der Waals surface area contributed by atoms with Crippen LogP contribution in [0.15, 0.2) is 18.5 Å². The van der Waals surface area contributed by atoms with Gasteiger partial charge in [-0.15, -0.1) is 0 Å². The summed E-state index contributed by atoms with van der Waals surface area (Å²) in [7, 11) is 2.21. The van der Waals surface area contributed by atoms with E-state index in [2.05, 4.69) is 29.9 Å². The molecule has 94 valence electrons. The van der Waals surface area contributed by atoms with Gasteiger partial charge in [-0.05, 0) is 63.0 Å². The van der Waals surface area contributed by atoms with Crippen LogP contribution in [0.25, 0.3) is 0 Å². The van der Waals surface area contributed by atoms with Crippen LogP contribution in [0, 0.1) is 12.8 Å². The maximum atomic E-state index is 5.97. The lowest BCUT2D eigenvalue weighted by molar-refractivity contribution is 0.195. The zero-order valence-corrected chi connectivity index (χ0v) is 10.9. The van der Waals surface area contributed by atoms with E-state index < -0.39 is 0 Å². The molecule has 2 rings (SSSR count). The molecule has 1 aromatic rings. The van der Waals surface area contributed by atoms with E-state index in [4.69, 9.17) is 5.73 Å². The number of likely N-dealkylation sites (tertiary alicyclic amines) is 1. The highest BCUT2D eigenvalue weighted by Gasteiger charge is 2.29. The van der Waals surface area contributed by atoms with E-state index in [9.17, 15) is 0 Å². The molecule has 0 radical (unpaired) electrons. The van der Waals surface area contributed by atoms with Crippen LogP contribution >= 0.6 is 0 Å². The van der Waals surface area contributed by atoms with E-state index in [1.807, 2.05) is 12.4 Å². The molecule has 1 saturated heterocycles. The van der Waals surface area contributed by atoms with Crippen LogP contribution in [0.4, 0.5) is 0 Å². The van der Waals surface area contributed by atoms with E-state index in [0.29, 0.717) is 12.0 Å². The SMILES string of the molecule is Cc1ccncc1C1C(CN)CCCCN1C. The molecule has 2 N–H and O–H groups in total. The van der Waals surface area contributed by atoms with Gasteiger partial charge in [0.1, 0.15) is 0 Å². The molecule has 0 aromatic carbocycles. The summed E-state index contributed by atoms with van der Waals surface area (Å²) >= 11 is 0. The lowest BCUT2D eigenvalue weighted by Crippen LogP contribution is -2.33. The van der Waals surface area contributed by atoms with Crippen molar-refractivity contribution >= 4 is 0 Å². The number of aromatic nitrogens is 1. The minimum Gasteiger partial charge on any atom is -0.330 e. The topological polar surface area (TPSA) is 42.1 Å². The van der Waals surface area contributed by atoms with Crippen molar-refractivity contribution in [3.63, 3.8) is 0 Å². The maximum absolute atomic E-state index is 5.97. The fourth-order valence-corrected chi connectivity index (χ4v) is 2.95. The molecule has 2 heterocycles. The Morgan fingerprint density at radius 1 is 1.47 bits per heavy atom. The molecule has 2 atom stereocenters. The molecule has 2 unspecified atom stereocenters. The normalized spacial score (nSPS) is 26.8. The van der Waals surface area contributed by atoms with Gasteiger partial charge in [-0.25, -0.2) is 0 Å². The Hall–Kier alpha value is -0.930. The van der Waals surface area contributed by atoms with Gasteiger partial charge < -0.3 is 5.73 Å². The molecule has 0 aliphatic carbocycles. The Kier molecular flexibility index (Phi) is 4.13. The molecule has 3 nitrogen and oxygen atoms in total. The molecule has 17 heavy (non-hydrogen) atoms. The summed E-state index contributed by atoms with van der Waals surface area (Å²) in [5, 5.41) is 0. The van der Waals surface area contributed by atoms with Gasteiger partial charge in [-0.1, -0.05) is 6.42 Å². The molecule has 1 aliphatic heterocycles. The summed E-state index contributed by atoms with van der Waals surface area (Å²) in [5.74, 6) is 0.561. The van der Waals surface area contributed by atoms with Gasteiger partial charge in [0.25, 0.3) is 0 Å². The lowest BCUT2D eigenvalue weighted by atomic mass is 9.88. The van der Waals surface area contributed by atoms with Crippen LogP contribution in [0.2, 0.25) is 0 Å². The Morgan fingerprint density at radius 3 is 3.00 bits per heavy atom. The van der Waals surface area contributed by atoms with Gasteiger partial charge in [-0.3, -0.25) is 9.88 Å². The van der Waals surface area contributed by atoms with Crippen molar-refractivity contribution in [1.82, 2.24) is 9.88 Å². The van der Waals surface area contributed by atoms with Crippen molar-refractivity contribution in [2.75, 3.05) is 20.1 Å². The minimum absolute atomic E-state index is 0.441. The Balaban J connectivity index is 2.34. The van der Waals surface area contributed by atoms with Gasteiger partial charge in [0, 0.05) is 18.4 Å². The predicted octanol–water partition coefficient (Wildman–Crippen LogP) is 2.12. The molecule has 1 aliphatic rings. The number of nitrogens with zero attached hydrogens (tertiary/aromatic N) is 2. The monoisotopic (exact) mass is 233 g/mol. The highest BCUT2D eigenvalue weighted by atomic mass is 15.1. The third-order valence-electron chi connectivity index (χ3n) is 3.96. The fourth-order valence-electron chi connectivity index (χ4n) is 2.95. The van der Waals surface area contributed by atoms with Crippen LogP contribution in [-0.4, -0.2) is 30.0 Å². The van der Waals surface area contributed by atoms with Gasteiger partial charge in [0.15, 0.2) is 0 Å². The molecular formula is C14H23N3. The first-order chi connectivity index (χ1) is 8.24. The Morgan fingerprint density at radius 2 is 2.29 bits per heavy atom. The molecular weight excluding hydrogens is 210 g/mol. The smallest absolute Gasteiger partial charge is 0.0403 e. The highest BCUT2D eigenvalue weighted by molar-refractivity contribution is 5.26. The van der Waals surface area contributed by atoms with Crippen LogP contribution in [0.1, 0.15) is 36.4 Å². The molecule has 1 aromatic heterocycles. The minimum atomic E-state index is 0.441. The second kappa shape index (κ2) is 5.61. The predicted molar refractivity (Wildman–Crippen MR) is 70.7 cm³/mol. The van der Waals surface area contributed by atoms with Crippen molar-refractivity contribution in [3.05, 3.63) is 29.6 Å². The summed E-state index contributed by atoms with van der Waals surface area (Å²) in [4.78, 5) is 6.74. The maximum Gasteiger partial charge on any atom is 0.0403 e. The average molecular weight is 233 g/mol. The summed E-state index contributed by atoms with van der Waals surface area (Å²) in [6.07, 6.45) is 7.70. The quantitative estimate of drug-likeness (QED) is 0.851. The summed E-state index contributed by atoms with van der Waals surface area (Å²) in [6, 6.07) is 2.54. The van der Waals surface area contributed by atoms with E-state index in [-0.39, 0.29) is 0 Å². The molecule has 0 saturated carbocycles. The zero-order chi connectivity index (χ0) is 12.3. The van der Waals surface area contributed by atoms with Crippen molar-refractivity contribution in [2.24, 2.45) is 11.7 Å². The average Bonchev–Trinajstić information content (AvgIpc) is 2.52. The fraction of sp³-hybridized carbons (Fsp3) is 0.643. The number of aryl methyl sites for hydroxylation is 1. The van der Waals surface area contributed by atoms with E-state index in [1.165, 1.54) is 30.4 Å². The van der Waals surface area contributed by atoms with E-state index in [1.54, 1.807) is 0 Å². The number of hydrogen-bond acceptors (Lipinski definition) is 3. The molecule has 0 amide bonds. The van der Waals surface area contributed by atoms with Crippen molar-refractivity contribution in [2.45, 2.75) is 32.2 Å². The Bertz CT molecular complexity index is 364. The second-order valence-corrected chi connectivity index (χ2v) is 5.15. The number of pyridine rings is 1. The highest BCUT2D eigenvalue weighted by Crippen LogP contribution is 2.34. The molecule has 3 heteroatoms. The van der Waals surface area contributed by atoms with Gasteiger partial charge in [-0.2, -0.15) is 0 Å². The molecule has 0 spiro atoms.